The Hall–Kier alpha value is -3.41. The average Bonchev–Trinajstić information content (AvgIpc) is 3.08. The van der Waals surface area contributed by atoms with E-state index in [9.17, 15) is 24.6 Å². The lowest BCUT2D eigenvalue weighted by Gasteiger charge is -2.32. The largest absolute Gasteiger partial charge is 0.494 e. The Morgan fingerprint density at radius 3 is 2.03 bits per heavy atom. The van der Waals surface area contributed by atoms with Crippen molar-refractivity contribution >= 4 is 30.6 Å². The zero-order chi connectivity index (χ0) is 28.1. The van der Waals surface area contributed by atoms with Crippen LogP contribution in [0.25, 0.3) is 0 Å². The van der Waals surface area contributed by atoms with Gasteiger partial charge >= 0.3 is 19.2 Å². The van der Waals surface area contributed by atoms with Crippen molar-refractivity contribution in [3.63, 3.8) is 0 Å². The summed E-state index contributed by atoms with van der Waals surface area (Å²) < 4.78 is 17.2. The third-order valence-electron chi connectivity index (χ3n) is 6.81. The number of hydrogen-bond acceptors (Lipinski definition) is 7. The summed E-state index contributed by atoms with van der Waals surface area (Å²) in [5, 5.41) is 24.5. The van der Waals surface area contributed by atoms with E-state index in [1.54, 1.807) is 48.5 Å². The van der Waals surface area contributed by atoms with E-state index in [0.29, 0.717) is 5.56 Å². The monoisotopic (exact) mass is 526 g/mol. The molecule has 204 valence electrons. The number of benzene rings is 2. The number of aliphatic carboxylic acids is 1. The minimum Gasteiger partial charge on any atom is -0.480 e. The second-order valence-electron chi connectivity index (χ2n) is 10.4. The summed E-state index contributed by atoms with van der Waals surface area (Å²) >= 11 is 0. The molecule has 0 aromatic heterocycles. The molecule has 3 atom stereocenters. The maximum absolute atomic E-state index is 12.8. The number of carboxylic acid groups (broad SMARTS) is 1. The molecule has 0 unspecified atom stereocenters. The standard InChI is InChI=1S/C27H35BN2O8/c1-17(31)22(30-25(35)36-16-19-9-7-6-8-10-19)23(32)29-21(24(33)34)15-18-11-13-20(14-12-18)28-37-26(2,3)27(4,5)38-28/h6-14,17,21-22,31H,15-16H2,1-5H3,(H,29,32)(H,30,35)(H,33,34)/t17-,21+,22+/m1/s1. The van der Waals surface area contributed by atoms with Gasteiger partial charge in [0.05, 0.1) is 17.3 Å². The van der Waals surface area contributed by atoms with Crippen molar-refractivity contribution in [1.82, 2.24) is 10.6 Å². The van der Waals surface area contributed by atoms with Crippen molar-refractivity contribution in [2.45, 2.75) is 77.0 Å². The molecule has 2 aromatic rings. The molecule has 2 amide bonds. The molecule has 0 spiro atoms. The highest BCUT2D eigenvalue weighted by Crippen LogP contribution is 2.36. The molecule has 1 heterocycles. The molecule has 1 saturated heterocycles. The van der Waals surface area contributed by atoms with Crippen LogP contribution in [-0.2, 0) is 36.7 Å². The van der Waals surface area contributed by atoms with Gasteiger partial charge in [0, 0.05) is 6.42 Å². The Bertz CT molecular complexity index is 1110. The Morgan fingerprint density at radius 2 is 1.50 bits per heavy atom. The van der Waals surface area contributed by atoms with Gasteiger partial charge in [0.2, 0.25) is 5.91 Å². The van der Waals surface area contributed by atoms with Crippen LogP contribution in [0.3, 0.4) is 0 Å². The predicted molar refractivity (Wildman–Crippen MR) is 141 cm³/mol. The molecular weight excluding hydrogens is 491 g/mol. The zero-order valence-corrected chi connectivity index (χ0v) is 22.3. The number of carbonyl (C=O) groups is 3. The first kappa shape index (κ1) is 29.2. The number of rotatable bonds is 10. The lowest BCUT2D eigenvalue weighted by molar-refractivity contribution is -0.142. The van der Waals surface area contributed by atoms with Gasteiger partial charge in [-0.05, 0) is 51.2 Å². The average molecular weight is 526 g/mol. The lowest BCUT2D eigenvalue weighted by Crippen LogP contribution is -2.56. The smallest absolute Gasteiger partial charge is 0.480 e. The minimum absolute atomic E-state index is 0.0182. The summed E-state index contributed by atoms with van der Waals surface area (Å²) in [5.41, 5.74) is 1.21. The van der Waals surface area contributed by atoms with E-state index < -0.39 is 54.5 Å². The molecule has 0 aliphatic carbocycles. The maximum Gasteiger partial charge on any atom is 0.494 e. The van der Waals surface area contributed by atoms with Crippen molar-refractivity contribution in [3.8, 4) is 0 Å². The summed E-state index contributed by atoms with van der Waals surface area (Å²) in [6, 6.07) is 13.3. The molecule has 1 aliphatic rings. The first-order chi connectivity index (χ1) is 17.8. The molecule has 38 heavy (non-hydrogen) atoms. The van der Waals surface area contributed by atoms with E-state index in [2.05, 4.69) is 10.6 Å². The number of hydrogen-bond donors (Lipinski definition) is 4. The summed E-state index contributed by atoms with van der Waals surface area (Å²) in [7, 11) is -0.552. The van der Waals surface area contributed by atoms with E-state index in [1.807, 2.05) is 33.8 Å². The van der Waals surface area contributed by atoms with Gasteiger partial charge in [0.25, 0.3) is 0 Å². The first-order valence-corrected chi connectivity index (χ1v) is 12.4. The number of alkyl carbamates (subject to hydrolysis) is 1. The number of aliphatic hydroxyl groups excluding tert-OH is 1. The Balaban J connectivity index is 1.60. The van der Waals surface area contributed by atoms with Crippen molar-refractivity contribution in [2.75, 3.05) is 0 Å². The number of ether oxygens (including phenoxy) is 1. The van der Waals surface area contributed by atoms with Gasteiger partial charge in [-0.25, -0.2) is 9.59 Å². The first-order valence-electron chi connectivity index (χ1n) is 12.4. The van der Waals surface area contributed by atoms with Crippen LogP contribution < -0.4 is 16.1 Å². The second-order valence-corrected chi connectivity index (χ2v) is 10.4. The number of amides is 2. The summed E-state index contributed by atoms with van der Waals surface area (Å²) in [5.74, 6) is -2.11. The Morgan fingerprint density at radius 1 is 0.921 bits per heavy atom. The van der Waals surface area contributed by atoms with Crippen LogP contribution in [0.5, 0.6) is 0 Å². The molecule has 1 aliphatic heterocycles. The molecule has 2 aromatic carbocycles. The quantitative estimate of drug-likeness (QED) is 0.343. The third kappa shape index (κ3) is 7.34. The number of carbonyl (C=O) groups excluding carboxylic acids is 2. The van der Waals surface area contributed by atoms with Gasteiger partial charge in [-0.15, -0.1) is 0 Å². The van der Waals surface area contributed by atoms with E-state index in [-0.39, 0.29) is 13.0 Å². The van der Waals surface area contributed by atoms with Crippen LogP contribution in [-0.4, -0.2) is 64.7 Å². The fourth-order valence-corrected chi connectivity index (χ4v) is 3.78. The van der Waals surface area contributed by atoms with Gasteiger partial charge in [-0.3, -0.25) is 4.79 Å². The molecule has 10 nitrogen and oxygen atoms in total. The summed E-state index contributed by atoms with van der Waals surface area (Å²) in [6.45, 7) is 9.12. The van der Waals surface area contributed by atoms with Crippen molar-refractivity contribution in [3.05, 3.63) is 65.7 Å². The highest BCUT2D eigenvalue weighted by atomic mass is 16.7. The summed E-state index contributed by atoms with van der Waals surface area (Å²) in [4.78, 5) is 36.9. The van der Waals surface area contributed by atoms with Crippen LogP contribution in [0.4, 0.5) is 4.79 Å². The van der Waals surface area contributed by atoms with E-state index in [4.69, 9.17) is 14.0 Å². The van der Waals surface area contributed by atoms with Crippen LogP contribution >= 0.6 is 0 Å². The normalized spacial score (nSPS) is 18.2. The van der Waals surface area contributed by atoms with Crippen LogP contribution in [0.1, 0.15) is 45.7 Å². The van der Waals surface area contributed by atoms with Crippen molar-refractivity contribution in [2.24, 2.45) is 0 Å². The van der Waals surface area contributed by atoms with E-state index >= 15 is 0 Å². The van der Waals surface area contributed by atoms with Gasteiger partial charge in [-0.1, -0.05) is 54.6 Å². The lowest BCUT2D eigenvalue weighted by atomic mass is 9.78. The van der Waals surface area contributed by atoms with Crippen LogP contribution in [0.2, 0.25) is 0 Å². The molecule has 1 fully saturated rings. The SMILES string of the molecule is C[C@@H](O)[C@H](NC(=O)OCc1ccccc1)C(=O)N[C@@H](Cc1ccc(B2OC(C)(C)C(C)(C)O2)cc1)C(=O)O. The Kier molecular flexibility index (Phi) is 9.19. The van der Waals surface area contributed by atoms with Crippen LogP contribution in [0, 0.1) is 0 Å². The topological polar surface area (TPSA) is 143 Å². The van der Waals surface area contributed by atoms with E-state index in [0.717, 1.165) is 11.0 Å². The fourth-order valence-electron chi connectivity index (χ4n) is 3.78. The molecular formula is C27H35BN2O8. The predicted octanol–water partition coefficient (Wildman–Crippen LogP) is 1.77. The van der Waals surface area contributed by atoms with Crippen molar-refractivity contribution in [1.29, 1.82) is 0 Å². The molecule has 0 bridgehead atoms. The van der Waals surface area contributed by atoms with Gasteiger partial charge < -0.3 is 34.9 Å². The zero-order valence-electron chi connectivity index (χ0n) is 22.3. The highest BCUT2D eigenvalue weighted by molar-refractivity contribution is 6.62. The number of nitrogens with one attached hydrogen (secondary N) is 2. The molecule has 0 radical (unpaired) electrons. The molecule has 0 saturated carbocycles. The molecule has 4 N–H and O–H groups in total. The van der Waals surface area contributed by atoms with E-state index in [1.165, 1.54) is 6.92 Å². The summed E-state index contributed by atoms with van der Waals surface area (Å²) in [6.07, 6.45) is -2.23. The van der Waals surface area contributed by atoms with Gasteiger partial charge in [-0.2, -0.15) is 0 Å². The maximum atomic E-state index is 12.8. The fraction of sp³-hybridized carbons (Fsp3) is 0.444. The molecule has 3 rings (SSSR count). The minimum atomic E-state index is -1.41. The highest BCUT2D eigenvalue weighted by Gasteiger charge is 2.51. The molecule has 11 heteroatoms. The second kappa shape index (κ2) is 12.0. The van der Waals surface area contributed by atoms with Gasteiger partial charge in [0.15, 0.2) is 0 Å². The third-order valence-corrected chi connectivity index (χ3v) is 6.81. The number of carboxylic acids is 1. The van der Waals surface area contributed by atoms with Gasteiger partial charge in [0.1, 0.15) is 18.7 Å². The van der Waals surface area contributed by atoms with Crippen molar-refractivity contribution < 1.29 is 38.6 Å². The number of aliphatic hydroxyl groups is 1. The van der Waals surface area contributed by atoms with Crippen LogP contribution in [0.15, 0.2) is 54.6 Å². The Labute approximate surface area is 222 Å².